The van der Waals surface area contributed by atoms with Crippen LogP contribution < -0.4 is 0 Å². The van der Waals surface area contributed by atoms with Crippen LogP contribution in [-0.4, -0.2) is 33.6 Å². The predicted molar refractivity (Wildman–Crippen MR) is 108 cm³/mol. The Labute approximate surface area is 163 Å². The highest BCUT2D eigenvalue weighted by atomic mass is 79.9. The van der Waals surface area contributed by atoms with Gasteiger partial charge in [0.15, 0.2) is 5.17 Å². The summed E-state index contributed by atoms with van der Waals surface area (Å²) in [5.41, 5.74) is 1.73. The van der Waals surface area contributed by atoms with Gasteiger partial charge < -0.3 is 5.11 Å². The first-order valence-corrected chi connectivity index (χ1v) is 9.48. The van der Waals surface area contributed by atoms with Crippen LogP contribution in [0.3, 0.4) is 0 Å². The van der Waals surface area contributed by atoms with Crippen LogP contribution in [0.4, 0.5) is 5.69 Å². The number of amides is 1. The van der Waals surface area contributed by atoms with Gasteiger partial charge in [0.25, 0.3) is 5.91 Å². The normalized spacial score (nSPS) is 17.3. The van der Waals surface area contributed by atoms with Crippen LogP contribution in [0.2, 0.25) is 0 Å². The van der Waals surface area contributed by atoms with Crippen LogP contribution in [0, 0.1) is 0 Å². The lowest BCUT2D eigenvalue weighted by Gasteiger charge is -2.12. The lowest BCUT2D eigenvalue weighted by molar-refractivity contribution is -0.122. The first kappa shape index (κ1) is 18.4. The minimum absolute atomic E-state index is 0.0848. The molecule has 2 aromatic carbocycles. The van der Waals surface area contributed by atoms with Crippen molar-refractivity contribution in [3.63, 3.8) is 0 Å². The molecule has 3 rings (SSSR count). The number of hydrogen-bond acceptors (Lipinski definition) is 4. The predicted octanol–water partition coefficient (Wildman–Crippen LogP) is 4.77. The molecule has 1 fully saturated rings. The summed E-state index contributed by atoms with van der Waals surface area (Å²) in [4.78, 5) is 30.3. The van der Waals surface area contributed by atoms with Gasteiger partial charge in [-0.05, 0) is 66.7 Å². The average molecular weight is 431 g/mol. The Morgan fingerprint density at radius 3 is 2.62 bits per heavy atom. The fourth-order valence-corrected chi connectivity index (χ4v) is 3.89. The van der Waals surface area contributed by atoms with Gasteiger partial charge in [0.05, 0.1) is 16.2 Å². The lowest BCUT2D eigenvalue weighted by Crippen LogP contribution is -2.28. The number of rotatable bonds is 4. The molecule has 1 heterocycles. The largest absolute Gasteiger partial charge is 0.478 e. The lowest BCUT2D eigenvalue weighted by atomic mass is 10.2. The number of nitrogens with zero attached hydrogens (tertiary/aromatic N) is 2. The monoisotopic (exact) mass is 430 g/mol. The molecular formula is C19H15BrN2O3S. The van der Waals surface area contributed by atoms with E-state index in [0.29, 0.717) is 22.3 Å². The van der Waals surface area contributed by atoms with Gasteiger partial charge in [-0.1, -0.05) is 28.1 Å². The van der Waals surface area contributed by atoms with Gasteiger partial charge in [-0.2, -0.15) is 0 Å². The highest BCUT2D eigenvalue weighted by Gasteiger charge is 2.32. The Morgan fingerprint density at radius 1 is 1.27 bits per heavy atom. The molecule has 0 saturated carbocycles. The molecular weight excluding hydrogens is 416 g/mol. The molecule has 1 aliphatic heterocycles. The highest BCUT2D eigenvalue weighted by molar-refractivity contribution is 9.10. The summed E-state index contributed by atoms with van der Waals surface area (Å²) in [5.74, 6) is -1.07. The summed E-state index contributed by atoms with van der Waals surface area (Å²) >= 11 is 4.74. The van der Waals surface area contributed by atoms with E-state index in [4.69, 9.17) is 5.11 Å². The van der Waals surface area contributed by atoms with E-state index in [9.17, 15) is 9.59 Å². The number of thioether (sulfide) groups is 1. The van der Waals surface area contributed by atoms with E-state index in [1.54, 1.807) is 17.0 Å². The molecule has 0 atom stereocenters. The van der Waals surface area contributed by atoms with Gasteiger partial charge in [-0.15, -0.1) is 0 Å². The molecule has 7 heteroatoms. The van der Waals surface area contributed by atoms with Crippen molar-refractivity contribution < 1.29 is 14.7 Å². The molecule has 2 aromatic rings. The van der Waals surface area contributed by atoms with Crippen molar-refractivity contribution in [2.75, 3.05) is 6.54 Å². The minimum atomic E-state index is -0.982. The molecule has 0 bridgehead atoms. The number of likely N-dealkylation sites (N-methyl/N-ethyl adjacent to an activating group) is 1. The number of carboxylic acids is 1. The smallest absolute Gasteiger partial charge is 0.335 e. The van der Waals surface area contributed by atoms with Crippen LogP contribution in [0.15, 0.2) is 62.9 Å². The van der Waals surface area contributed by atoms with Crippen molar-refractivity contribution in [2.45, 2.75) is 6.92 Å². The zero-order valence-corrected chi connectivity index (χ0v) is 16.3. The second-order valence-electron chi connectivity index (χ2n) is 5.46. The number of carbonyl (C=O) groups excluding carboxylic acids is 1. The summed E-state index contributed by atoms with van der Waals surface area (Å²) in [5, 5.41) is 9.55. The number of aromatic carboxylic acids is 1. The molecule has 0 spiro atoms. The van der Waals surface area contributed by atoms with Crippen molar-refractivity contribution in [3.05, 3.63) is 69.0 Å². The maximum atomic E-state index is 12.6. The average Bonchev–Trinajstić information content (AvgIpc) is 2.90. The van der Waals surface area contributed by atoms with E-state index in [0.717, 1.165) is 10.0 Å². The van der Waals surface area contributed by atoms with Crippen molar-refractivity contribution in [1.82, 2.24) is 4.90 Å². The first-order valence-electron chi connectivity index (χ1n) is 7.87. The van der Waals surface area contributed by atoms with Crippen molar-refractivity contribution >= 4 is 56.5 Å². The van der Waals surface area contributed by atoms with Gasteiger partial charge in [-0.25, -0.2) is 9.79 Å². The second-order valence-corrected chi connectivity index (χ2v) is 7.39. The number of halogens is 1. The summed E-state index contributed by atoms with van der Waals surface area (Å²) in [7, 11) is 0. The fourth-order valence-electron chi connectivity index (χ4n) is 2.41. The molecule has 1 amide bonds. The molecule has 1 aliphatic rings. The number of benzene rings is 2. The summed E-state index contributed by atoms with van der Waals surface area (Å²) < 4.78 is 0.946. The van der Waals surface area contributed by atoms with Crippen LogP contribution in [-0.2, 0) is 4.79 Å². The zero-order chi connectivity index (χ0) is 18.7. The van der Waals surface area contributed by atoms with Gasteiger partial charge in [0, 0.05) is 11.0 Å². The Hall–Kier alpha value is -2.38. The van der Waals surface area contributed by atoms with Crippen molar-refractivity contribution in [1.29, 1.82) is 0 Å². The molecule has 0 aliphatic carbocycles. The Balaban J connectivity index is 1.90. The van der Waals surface area contributed by atoms with Gasteiger partial charge in [0.2, 0.25) is 0 Å². The van der Waals surface area contributed by atoms with Crippen LogP contribution in [0.1, 0.15) is 22.8 Å². The van der Waals surface area contributed by atoms with E-state index in [-0.39, 0.29) is 11.5 Å². The summed E-state index contributed by atoms with van der Waals surface area (Å²) in [6.07, 6.45) is 1.84. The van der Waals surface area contributed by atoms with E-state index in [2.05, 4.69) is 20.9 Å². The quantitative estimate of drug-likeness (QED) is 0.708. The topological polar surface area (TPSA) is 70.0 Å². The molecule has 1 saturated heterocycles. The zero-order valence-electron chi connectivity index (χ0n) is 13.8. The maximum Gasteiger partial charge on any atom is 0.335 e. The molecule has 0 radical (unpaired) electrons. The van der Waals surface area contributed by atoms with Crippen LogP contribution in [0.25, 0.3) is 6.08 Å². The molecule has 0 aromatic heterocycles. The number of aliphatic imine (C=N–C) groups is 1. The third kappa shape index (κ3) is 4.05. The minimum Gasteiger partial charge on any atom is -0.478 e. The molecule has 0 unspecified atom stereocenters. The highest BCUT2D eigenvalue weighted by Crippen LogP contribution is 2.34. The van der Waals surface area contributed by atoms with Crippen LogP contribution in [0.5, 0.6) is 0 Å². The molecule has 1 N–H and O–H groups in total. The molecule has 26 heavy (non-hydrogen) atoms. The number of carboxylic acid groups (broad SMARTS) is 1. The standard InChI is InChI=1S/C19H15BrN2O3S/c1-2-22-17(23)16(11-12-4-3-5-14(20)10-12)26-19(22)21-15-8-6-13(7-9-15)18(24)25/h3-11H,2H2,1H3,(H,24,25)/b16-11+,21-19?. The maximum absolute atomic E-state index is 12.6. The number of amidine groups is 1. The molecule has 132 valence electrons. The van der Waals surface area contributed by atoms with E-state index >= 15 is 0 Å². The van der Waals surface area contributed by atoms with Gasteiger partial charge >= 0.3 is 5.97 Å². The van der Waals surface area contributed by atoms with E-state index in [1.165, 1.54) is 23.9 Å². The number of hydrogen-bond donors (Lipinski definition) is 1. The second kappa shape index (κ2) is 7.88. The fraction of sp³-hybridized carbons (Fsp3) is 0.105. The summed E-state index contributed by atoms with van der Waals surface area (Å²) in [6.45, 7) is 2.40. The third-order valence-corrected chi connectivity index (χ3v) is 5.19. The third-order valence-electron chi connectivity index (χ3n) is 3.69. The Morgan fingerprint density at radius 2 is 2.00 bits per heavy atom. The molecule has 5 nitrogen and oxygen atoms in total. The van der Waals surface area contributed by atoms with Gasteiger partial charge in [-0.3, -0.25) is 9.69 Å². The van der Waals surface area contributed by atoms with E-state index in [1.807, 2.05) is 37.3 Å². The van der Waals surface area contributed by atoms with Crippen molar-refractivity contribution in [3.8, 4) is 0 Å². The van der Waals surface area contributed by atoms with Crippen LogP contribution >= 0.6 is 27.7 Å². The van der Waals surface area contributed by atoms with Gasteiger partial charge in [0.1, 0.15) is 0 Å². The Bertz CT molecular complexity index is 923. The van der Waals surface area contributed by atoms with E-state index < -0.39 is 5.97 Å². The number of carbonyl (C=O) groups is 2. The SMILES string of the molecule is CCN1C(=O)/C(=C\c2cccc(Br)c2)SC1=Nc1ccc(C(=O)O)cc1. The Kier molecular flexibility index (Phi) is 5.58. The van der Waals surface area contributed by atoms with Crippen molar-refractivity contribution in [2.24, 2.45) is 4.99 Å². The first-order chi connectivity index (χ1) is 12.5. The summed E-state index contributed by atoms with van der Waals surface area (Å²) in [6, 6.07) is 14.0.